The first-order valence-corrected chi connectivity index (χ1v) is 6.41. The van der Waals surface area contributed by atoms with Crippen molar-refractivity contribution in [3.63, 3.8) is 0 Å². The molecule has 1 unspecified atom stereocenters. The van der Waals surface area contributed by atoms with E-state index in [9.17, 15) is 0 Å². The van der Waals surface area contributed by atoms with Gasteiger partial charge in [0.05, 0.1) is 0 Å². The van der Waals surface area contributed by atoms with Gasteiger partial charge in [-0.1, -0.05) is 26.8 Å². The summed E-state index contributed by atoms with van der Waals surface area (Å²) in [6, 6.07) is 6.12. The fraction of sp³-hybridized carbons (Fsp3) is 0.538. The molecule has 0 radical (unpaired) electrons. The summed E-state index contributed by atoms with van der Waals surface area (Å²) in [4.78, 5) is 2.00. The zero-order chi connectivity index (χ0) is 13.0. The maximum atomic E-state index is 5.95. The minimum Gasteiger partial charge on any atom is -0.643 e. The molecule has 4 nitrogen and oxygen atoms in total. The van der Waals surface area contributed by atoms with E-state index in [1.165, 1.54) is 5.56 Å². The monoisotopic (exact) mass is 248 g/mol. The Morgan fingerprint density at radius 2 is 1.89 bits per heavy atom. The Hall–Kier alpha value is -1.20. The summed E-state index contributed by atoms with van der Waals surface area (Å²) in [6.45, 7) is 6.28. The van der Waals surface area contributed by atoms with E-state index in [0.717, 1.165) is 18.0 Å². The largest absolute Gasteiger partial charge is 0.643 e. The lowest BCUT2D eigenvalue weighted by Gasteiger charge is -2.35. The van der Waals surface area contributed by atoms with E-state index in [-0.39, 0.29) is 5.41 Å². The van der Waals surface area contributed by atoms with Crippen LogP contribution in [-0.4, -0.2) is 31.9 Å². The molecule has 0 aromatic heterocycles. The summed E-state index contributed by atoms with van der Waals surface area (Å²) in [6.07, 6.45) is 0. The molecule has 0 bridgehead atoms. The highest BCUT2D eigenvalue weighted by Gasteiger charge is 2.47. The number of benzene rings is 1. The first-order chi connectivity index (χ1) is 8.41. The first kappa shape index (κ1) is 11.9. The van der Waals surface area contributed by atoms with Crippen LogP contribution in [0, 0.1) is 0 Å². The molecule has 98 valence electrons. The predicted octanol–water partition coefficient (Wildman–Crippen LogP) is 2.15. The van der Waals surface area contributed by atoms with Gasteiger partial charge in [0.1, 0.15) is 11.5 Å². The van der Waals surface area contributed by atoms with Crippen LogP contribution in [0.15, 0.2) is 18.2 Å². The molecule has 2 aliphatic heterocycles. The third-order valence-electron chi connectivity index (χ3n) is 3.67. The summed E-state index contributed by atoms with van der Waals surface area (Å²) in [5, 5.41) is 0. The molecule has 0 saturated carbocycles. The summed E-state index contributed by atoms with van der Waals surface area (Å²) in [7, 11) is 1.96. The van der Waals surface area contributed by atoms with Gasteiger partial charge in [-0.2, -0.15) is 0 Å². The lowest BCUT2D eigenvalue weighted by Crippen LogP contribution is -2.57. The van der Waals surface area contributed by atoms with Crippen molar-refractivity contribution in [2.75, 3.05) is 20.2 Å². The normalized spacial score (nSPS) is 27.1. The molecule has 0 aliphatic carbocycles. The van der Waals surface area contributed by atoms with Crippen LogP contribution >= 0.6 is 0 Å². The minimum absolute atomic E-state index is 0.101. The highest BCUT2D eigenvalue weighted by molar-refractivity contribution is 6.60. The fourth-order valence-corrected chi connectivity index (χ4v) is 2.39. The summed E-state index contributed by atoms with van der Waals surface area (Å²) < 4.78 is 17.5. The molecule has 1 spiro atoms. The van der Waals surface area contributed by atoms with Gasteiger partial charge < -0.3 is 18.8 Å². The van der Waals surface area contributed by atoms with Crippen molar-refractivity contribution in [3.8, 4) is 11.5 Å². The smallest absolute Gasteiger partial charge is 0.581 e. The topological polar surface area (TPSA) is 30.9 Å². The Balaban J connectivity index is 1.94. The number of hydrogen-bond acceptors (Lipinski definition) is 4. The van der Waals surface area contributed by atoms with Gasteiger partial charge in [0.15, 0.2) is 0 Å². The van der Waals surface area contributed by atoms with Crippen LogP contribution < -0.4 is 9.31 Å². The minimum atomic E-state index is -1.76. The van der Waals surface area contributed by atoms with Gasteiger partial charge in [-0.25, -0.2) is 0 Å². The molecule has 1 saturated heterocycles. The molecule has 1 aromatic rings. The first-order valence-electron chi connectivity index (χ1n) is 6.41. The van der Waals surface area contributed by atoms with Crippen LogP contribution in [0.4, 0.5) is 0 Å². The maximum Gasteiger partial charge on any atom is 0.581 e. The fourth-order valence-electron chi connectivity index (χ4n) is 2.39. The van der Waals surface area contributed by atoms with Gasteiger partial charge in [0.2, 0.25) is 0 Å². The molecule has 5 heteroatoms. The Labute approximate surface area is 108 Å². The zero-order valence-electron chi connectivity index (χ0n) is 11.4. The molecular weight excluding hydrogens is 229 g/mol. The molecule has 3 rings (SSSR count). The van der Waals surface area contributed by atoms with Crippen molar-refractivity contribution in [3.05, 3.63) is 23.8 Å². The highest BCUT2D eigenvalue weighted by atomic mass is 16.8. The Morgan fingerprint density at radius 3 is 2.50 bits per heavy atom. The van der Waals surface area contributed by atoms with Gasteiger partial charge >= 0.3 is 6.89 Å². The molecule has 1 fully saturated rings. The summed E-state index contributed by atoms with van der Waals surface area (Å²) in [5.41, 5.74) is 1.34. The molecule has 1 aromatic carbocycles. The third kappa shape index (κ3) is 1.69. The lowest BCUT2D eigenvalue weighted by atomic mass is 9.87. The number of nitrogens with zero attached hydrogens (tertiary/aromatic N) is 1. The highest BCUT2D eigenvalue weighted by Crippen LogP contribution is 2.42. The van der Waals surface area contributed by atoms with Gasteiger partial charge in [-0.3, -0.25) is 0 Å². The van der Waals surface area contributed by atoms with Crippen LogP contribution in [-0.2, 0) is 10.1 Å². The van der Waals surface area contributed by atoms with Crippen LogP contribution in [0.5, 0.6) is 11.5 Å². The van der Waals surface area contributed by atoms with Crippen molar-refractivity contribution in [2.45, 2.75) is 26.2 Å². The Morgan fingerprint density at radius 1 is 1.17 bits per heavy atom. The van der Waals surface area contributed by atoms with Crippen molar-refractivity contribution in [1.29, 1.82) is 0 Å². The molecule has 2 aliphatic rings. The third-order valence-corrected chi connectivity index (χ3v) is 3.67. The molecular formula is C13H19BNO3-. The van der Waals surface area contributed by atoms with Gasteiger partial charge in [0, 0.05) is 6.61 Å². The number of likely N-dealkylation sites (N-methyl/N-ethyl adjacent to an activating group) is 1. The van der Waals surface area contributed by atoms with Crippen molar-refractivity contribution in [2.24, 2.45) is 0 Å². The van der Waals surface area contributed by atoms with Crippen molar-refractivity contribution < 1.29 is 14.0 Å². The van der Waals surface area contributed by atoms with E-state index in [4.69, 9.17) is 14.0 Å². The molecule has 0 N–H and O–H groups in total. The number of hydrogen-bond donors (Lipinski definition) is 0. The number of fused-ring (bicyclic) bond motifs is 1. The molecule has 0 amide bonds. The molecule has 18 heavy (non-hydrogen) atoms. The van der Waals surface area contributed by atoms with Crippen LogP contribution in [0.25, 0.3) is 0 Å². The lowest BCUT2D eigenvalue weighted by molar-refractivity contribution is 0.206. The van der Waals surface area contributed by atoms with Crippen molar-refractivity contribution in [1.82, 2.24) is 4.81 Å². The van der Waals surface area contributed by atoms with E-state index in [1.54, 1.807) is 0 Å². The maximum absolute atomic E-state index is 5.95. The molecule has 2 heterocycles. The summed E-state index contributed by atoms with van der Waals surface area (Å²) >= 11 is 0. The quantitative estimate of drug-likeness (QED) is 0.658. The predicted molar refractivity (Wildman–Crippen MR) is 70.7 cm³/mol. The second-order valence-electron chi connectivity index (χ2n) is 6.10. The van der Waals surface area contributed by atoms with E-state index < -0.39 is 6.89 Å². The zero-order valence-corrected chi connectivity index (χ0v) is 11.4. The van der Waals surface area contributed by atoms with Crippen LogP contribution in [0.3, 0.4) is 0 Å². The molecule has 1 atom stereocenters. The van der Waals surface area contributed by atoms with Crippen LogP contribution in [0.2, 0.25) is 0 Å². The average molecular weight is 248 g/mol. The van der Waals surface area contributed by atoms with Gasteiger partial charge in [0.25, 0.3) is 0 Å². The average Bonchev–Trinajstić information content (AvgIpc) is 2.81. The van der Waals surface area contributed by atoms with E-state index >= 15 is 0 Å². The second-order valence-corrected chi connectivity index (χ2v) is 6.10. The van der Waals surface area contributed by atoms with E-state index in [1.807, 2.05) is 17.9 Å². The summed E-state index contributed by atoms with van der Waals surface area (Å²) in [5.74, 6) is 1.56. The second kappa shape index (κ2) is 3.65. The van der Waals surface area contributed by atoms with Gasteiger partial charge in [-0.05, 0) is 36.7 Å². The Kier molecular flexibility index (Phi) is 2.41. The Bertz CT molecular complexity index is 486. The van der Waals surface area contributed by atoms with Crippen molar-refractivity contribution >= 4 is 6.89 Å². The van der Waals surface area contributed by atoms with Gasteiger partial charge in [-0.15, -0.1) is 0 Å². The number of rotatable bonds is 0. The SMILES string of the molecule is CN1CCO[B-]12Oc1ccc(C(C)(C)C)cc1O2. The van der Waals surface area contributed by atoms with E-state index in [0.29, 0.717) is 6.61 Å². The van der Waals surface area contributed by atoms with Crippen LogP contribution in [0.1, 0.15) is 26.3 Å². The van der Waals surface area contributed by atoms with E-state index in [2.05, 4.69) is 32.9 Å². The standard InChI is InChI=1S/C13H19BNO3/c1-13(2,3)10-5-6-11-12(9-10)18-14(17-11)15(4)7-8-16-14/h5-6,9H,7-8H2,1-4H3/q-1.